The molecule has 6 heteroatoms. The van der Waals surface area contributed by atoms with Crippen molar-refractivity contribution in [2.75, 3.05) is 19.6 Å². The van der Waals surface area contributed by atoms with E-state index >= 15 is 0 Å². The number of nitrogens with one attached hydrogen (secondary N) is 2. The maximum absolute atomic E-state index is 12.4. The third-order valence-electron chi connectivity index (χ3n) is 4.23. The highest BCUT2D eigenvalue weighted by molar-refractivity contribution is 5.95. The molecule has 1 aromatic heterocycles. The summed E-state index contributed by atoms with van der Waals surface area (Å²) in [6.07, 6.45) is 4.78. The van der Waals surface area contributed by atoms with Gasteiger partial charge in [0.15, 0.2) is 0 Å². The molecule has 0 radical (unpaired) electrons. The van der Waals surface area contributed by atoms with Crippen LogP contribution < -0.4 is 10.6 Å². The van der Waals surface area contributed by atoms with E-state index in [-0.39, 0.29) is 18.3 Å². The third-order valence-corrected chi connectivity index (χ3v) is 4.23. The SMILES string of the molecule is Cc1ccccc1-n1ncc(C(=O)NCC2=CCNCC2)c1C.Cl. The largest absolute Gasteiger partial charge is 0.348 e. The zero-order valence-corrected chi connectivity index (χ0v) is 14.8. The summed E-state index contributed by atoms with van der Waals surface area (Å²) in [5.41, 5.74) is 4.90. The summed E-state index contributed by atoms with van der Waals surface area (Å²) in [5, 5.41) is 10.7. The molecule has 0 aliphatic carbocycles. The van der Waals surface area contributed by atoms with E-state index in [2.05, 4.69) is 21.8 Å². The normalized spacial score (nSPS) is 13.8. The van der Waals surface area contributed by atoms with Gasteiger partial charge in [0, 0.05) is 13.1 Å². The second-order valence-corrected chi connectivity index (χ2v) is 5.84. The summed E-state index contributed by atoms with van der Waals surface area (Å²) in [6.45, 7) is 6.44. The average molecular weight is 347 g/mol. The standard InChI is InChI=1S/C18H22N4O.ClH/c1-13-5-3-4-6-17(13)22-14(2)16(12-21-22)18(23)20-11-15-7-9-19-10-8-15;/h3-7,12,19H,8-11H2,1-2H3,(H,20,23);1H. The van der Waals surface area contributed by atoms with Crippen LogP contribution in [-0.2, 0) is 0 Å². The fraction of sp³-hybridized carbons (Fsp3) is 0.333. The molecule has 0 spiro atoms. The van der Waals surface area contributed by atoms with Crippen LogP contribution in [0.3, 0.4) is 0 Å². The molecule has 2 N–H and O–H groups in total. The van der Waals surface area contributed by atoms with Crippen molar-refractivity contribution in [2.24, 2.45) is 0 Å². The van der Waals surface area contributed by atoms with Gasteiger partial charge in [-0.25, -0.2) is 4.68 Å². The molecule has 5 nitrogen and oxygen atoms in total. The molecule has 1 aliphatic rings. The number of amides is 1. The molecule has 0 saturated heterocycles. The van der Waals surface area contributed by atoms with Crippen LogP contribution in [0.2, 0.25) is 0 Å². The van der Waals surface area contributed by atoms with Crippen LogP contribution in [0.15, 0.2) is 42.1 Å². The number of rotatable bonds is 4. The Balaban J connectivity index is 0.00000208. The Morgan fingerprint density at radius 2 is 2.12 bits per heavy atom. The van der Waals surface area contributed by atoms with Crippen molar-refractivity contribution >= 4 is 18.3 Å². The van der Waals surface area contributed by atoms with Gasteiger partial charge in [0.1, 0.15) is 0 Å². The first kappa shape index (κ1) is 18.2. The number of hydrogen-bond donors (Lipinski definition) is 2. The quantitative estimate of drug-likeness (QED) is 0.836. The fourth-order valence-corrected chi connectivity index (χ4v) is 2.80. The van der Waals surface area contributed by atoms with Crippen LogP contribution >= 0.6 is 12.4 Å². The molecule has 1 amide bonds. The van der Waals surface area contributed by atoms with E-state index in [0.717, 1.165) is 36.5 Å². The van der Waals surface area contributed by atoms with Gasteiger partial charge in [-0.05, 0) is 38.4 Å². The summed E-state index contributed by atoms with van der Waals surface area (Å²) in [4.78, 5) is 12.4. The number of aryl methyl sites for hydroxylation is 1. The molecule has 0 saturated carbocycles. The lowest BCUT2D eigenvalue weighted by atomic mass is 10.1. The van der Waals surface area contributed by atoms with Gasteiger partial charge in [-0.2, -0.15) is 5.10 Å². The smallest absolute Gasteiger partial charge is 0.255 e. The fourth-order valence-electron chi connectivity index (χ4n) is 2.80. The van der Waals surface area contributed by atoms with E-state index in [1.54, 1.807) is 6.20 Å². The number of para-hydroxylation sites is 1. The number of carbonyl (C=O) groups excluding carboxylic acids is 1. The number of halogens is 1. The summed E-state index contributed by atoms with van der Waals surface area (Å²) >= 11 is 0. The first-order valence-electron chi connectivity index (χ1n) is 7.94. The van der Waals surface area contributed by atoms with Crippen LogP contribution in [0.25, 0.3) is 5.69 Å². The number of carbonyl (C=O) groups is 1. The third kappa shape index (κ3) is 3.86. The molecule has 24 heavy (non-hydrogen) atoms. The van der Waals surface area contributed by atoms with Crippen molar-refractivity contribution in [1.82, 2.24) is 20.4 Å². The van der Waals surface area contributed by atoms with E-state index in [4.69, 9.17) is 0 Å². The van der Waals surface area contributed by atoms with Crippen molar-refractivity contribution in [3.05, 3.63) is 58.9 Å². The molecular formula is C18H23ClN4O. The first-order chi connectivity index (χ1) is 11.2. The van der Waals surface area contributed by atoms with Crippen LogP contribution in [0.1, 0.15) is 28.0 Å². The monoisotopic (exact) mass is 346 g/mol. The van der Waals surface area contributed by atoms with Crippen LogP contribution in [0, 0.1) is 13.8 Å². The maximum atomic E-state index is 12.4. The van der Waals surface area contributed by atoms with Gasteiger partial charge in [0.05, 0.1) is 23.1 Å². The molecule has 0 unspecified atom stereocenters. The van der Waals surface area contributed by atoms with Crippen molar-refractivity contribution in [3.63, 3.8) is 0 Å². The maximum Gasteiger partial charge on any atom is 0.255 e. The minimum absolute atomic E-state index is 0. The molecule has 0 atom stereocenters. The molecule has 1 aromatic carbocycles. The number of nitrogens with zero attached hydrogens (tertiary/aromatic N) is 2. The minimum Gasteiger partial charge on any atom is -0.348 e. The summed E-state index contributed by atoms with van der Waals surface area (Å²) in [7, 11) is 0. The molecule has 128 valence electrons. The lowest BCUT2D eigenvalue weighted by molar-refractivity contribution is 0.0956. The van der Waals surface area contributed by atoms with Crippen LogP contribution in [-0.4, -0.2) is 35.3 Å². The van der Waals surface area contributed by atoms with Crippen LogP contribution in [0.4, 0.5) is 0 Å². The van der Waals surface area contributed by atoms with Crippen LogP contribution in [0.5, 0.6) is 0 Å². The molecular weight excluding hydrogens is 324 g/mol. The van der Waals surface area contributed by atoms with E-state index in [1.807, 2.05) is 42.8 Å². The van der Waals surface area contributed by atoms with Crippen molar-refractivity contribution in [1.29, 1.82) is 0 Å². The molecule has 1 aliphatic heterocycles. The number of aromatic nitrogens is 2. The lowest BCUT2D eigenvalue weighted by Gasteiger charge is -2.14. The summed E-state index contributed by atoms with van der Waals surface area (Å²) in [6, 6.07) is 8.03. The van der Waals surface area contributed by atoms with Gasteiger partial charge in [-0.3, -0.25) is 4.79 Å². The predicted molar refractivity (Wildman–Crippen MR) is 98.2 cm³/mol. The summed E-state index contributed by atoms with van der Waals surface area (Å²) in [5.74, 6) is -0.0678. The second-order valence-electron chi connectivity index (χ2n) is 5.84. The van der Waals surface area contributed by atoms with Gasteiger partial charge in [-0.15, -0.1) is 12.4 Å². The molecule has 0 fully saturated rings. The zero-order chi connectivity index (χ0) is 16.2. The number of hydrogen-bond acceptors (Lipinski definition) is 3. The molecule has 0 bridgehead atoms. The minimum atomic E-state index is -0.0678. The second kappa shape index (κ2) is 8.13. The summed E-state index contributed by atoms with van der Waals surface area (Å²) < 4.78 is 1.83. The highest BCUT2D eigenvalue weighted by Crippen LogP contribution is 2.17. The molecule has 3 rings (SSSR count). The van der Waals surface area contributed by atoms with Gasteiger partial charge in [0.25, 0.3) is 5.91 Å². The molecule has 2 heterocycles. The zero-order valence-electron chi connectivity index (χ0n) is 14.0. The van der Waals surface area contributed by atoms with E-state index in [1.165, 1.54) is 5.57 Å². The predicted octanol–water partition coefficient (Wildman–Crippen LogP) is 2.56. The Hall–Kier alpha value is -2.11. The lowest BCUT2D eigenvalue weighted by Crippen LogP contribution is -2.29. The van der Waals surface area contributed by atoms with Crippen molar-refractivity contribution < 1.29 is 4.79 Å². The topological polar surface area (TPSA) is 59.0 Å². The average Bonchev–Trinajstić information content (AvgIpc) is 2.95. The van der Waals surface area contributed by atoms with E-state index in [9.17, 15) is 4.79 Å². The first-order valence-corrected chi connectivity index (χ1v) is 7.94. The Labute approximate surface area is 148 Å². The van der Waals surface area contributed by atoms with Gasteiger partial charge in [0.2, 0.25) is 0 Å². The van der Waals surface area contributed by atoms with Gasteiger partial charge >= 0.3 is 0 Å². The number of benzene rings is 1. The van der Waals surface area contributed by atoms with Crippen molar-refractivity contribution in [2.45, 2.75) is 20.3 Å². The highest BCUT2D eigenvalue weighted by atomic mass is 35.5. The highest BCUT2D eigenvalue weighted by Gasteiger charge is 2.16. The van der Waals surface area contributed by atoms with Gasteiger partial charge in [-0.1, -0.05) is 29.8 Å². The Morgan fingerprint density at radius 1 is 1.33 bits per heavy atom. The van der Waals surface area contributed by atoms with Gasteiger partial charge < -0.3 is 10.6 Å². The Bertz CT molecular complexity index is 751. The van der Waals surface area contributed by atoms with E-state index < -0.39 is 0 Å². The Morgan fingerprint density at radius 3 is 2.83 bits per heavy atom. The molecule has 2 aromatic rings. The van der Waals surface area contributed by atoms with Crippen molar-refractivity contribution in [3.8, 4) is 5.69 Å². The van der Waals surface area contributed by atoms with E-state index in [0.29, 0.717) is 12.1 Å². The Kier molecular flexibility index (Phi) is 6.17.